The third kappa shape index (κ3) is 7.14. The fourth-order valence-electron chi connectivity index (χ4n) is 4.23. The van der Waals surface area contributed by atoms with E-state index in [1.54, 1.807) is 27.3 Å². The summed E-state index contributed by atoms with van der Waals surface area (Å²) in [5, 5.41) is 9.41. The molecule has 0 saturated carbocycles. The first-order valence-corrected chi connectivity index (χ1v) is 13.4. The van der Waals surface area contributed by atoms with Crippen molar-refractivity contribution in [3.05, 3.63) is 72.3 Å². The monoisotopic (exact) mass is 539 g/mol. The Morgan fingerprint density at radius 2 is 1.71 bits per heavy atom. The van der Waals surface area contributed by atoms with E-state index in [2.05, 4.69) is 24.7 Å². The van der Waals surface area contributed by atoms with E-state index >= 15 is 0 Å². The van der Waals surface area contributed by atoms with Crippen molar-refractivity contribution in [2.75, 3.05) is 61.1 Å². The van der Waals surface area contributed by atoms with Crippen LogP contribution in [0.3, 0.4) is 0 Å². The highest BCUT2D eigenvalue weighted by molar-refractivity contribution is 8.01. The summed E-state index contributed by atoms with van der Waals surface area (Å²) in [5.74, 6) is 0.627. The van der Waals surface area contributed by atoms with Crippen molar-refractivity contribution in [3.8, 4) is 0 Å². The van der Waals surface area contributed by atoms with Gasteiger partial charge in [0.25, 0.3) is 0 Å². The average molecular weight is 540 g/mol. The van der Waals surface area contributed by atoms with Crippen molar-refractivity contribution in [3.63, 3.8) is 0 Å². The number of aromatic nitrogens is 2. The van der Waals surface area contributed by atoms with Gasteiger partial charge >= 0.3 is 5.97 Å². The van der Waals surface area contributed by atoms with Gasteiger partial charge in [-0.3, -0.25) is 4.79 Å². The normalized spacial score (nSPS) is 14.0. The second-order valence-electron chi connectivity index (χ2n) is 9.66. The largest absolute Gasteiger partial charge is 0.480 e. The molecule has 0 spiro atoms. The van der Waals surface area contributed by atoms with E-state index in [1.165, 1.54) is 23.9 Å². The van der Waals surface area contributed by atoms with Crippen LogP contribution in [0.25, 0.3) is 0 Å². The molecule has 1 N–H and O–H groups in total. The molecule has 1 fully saturated rings. The van der Waals surface area contributed by atoms with Crippen LogP contribution < -0.4 is 14.7 Å². The summed E-state index contributed by atoms with van der Waals surface area (Å²) in [7, 11) is 1.68. The smallest absolute Gasteiger partial charge is 0.319 e. The number of halogens is 1. The van der Waals surface area contributed by atoms with Crippen molar-refractivity contribution < 1.29 is 19.0 Å². The van der Waals surface area contributed by atoms with Crippen molar-refractivity contribution >= 4 is 35.1 Å². The highest BCUT2D eigenvalue weighted by Crippen LogP contribution is 2.33. The van der Waals surface area contributed by atoms with Gasteiger partial charge in [-0.15, -0.1) is 11.8 Å². The summed E-state index contributed by atoms with van der Waals surface area (Å²) in [6, 6.07) is 16.6. The molecule has 2 aromatic carbocycles. The highest BCUT2D eigenvalue weighted by Gasteiger charge is 2.28. The zero-order valence-corrected chi connectivity index (χ0v) is 22.8. The number of piperazine rings is 1. The van der Waals surface area contributed by atoms with E-state index in [-0.39, 0.29) is 5.82 Å². The van der Waals surface area contributed by atoms with Crippen LogP contribution in [-0.2, 0) is 16.1 Å². The molecular weight excluding hydrogens is 505 g/mol. The Morgan fingerprint density at radius 3 is 2.34 bits per heavy atom. The SMILES string of the molecule is COCCN(Cc1ccc(SC(C)(C)C(=O)O)cc1)c1cc(N2CCN(c3ccc(F)cc3)CC2)ncn1. The first-order valence-electron chi connectivity index (χ1n) is 12.6. The van der Waals surface area contributed by atoms with E-state index in [0.29, 0.717) is 19.7 Å². The number of anilines is 3. The van der Waals surface area contributed by atoms with E-state index in [0.717, 1.165) is 54.0 Å². The number of hydrogen-bond acceptors (Lipinski definition) is 8. The number of ether oxygens (including phenoxy) is 1. The number of nitrogens with zero attached hydrogens (tertiary/aromatic N) is 5. The Hall–Kier alpha value is -3.37. The molecule has 1 aromatic heterocycles. The van der Waals surface area contributed by atoms with Gasteiger partial charge in [-0.2, -0.15) is 0 Å². The van der Waals surface area contributed by atoms with E-state index in [4.69, 9.17) is 4.74 Å². The molecule has 0 bridgehead atoms. The number of benzene rings is 2. The Labute approximate surface area is 227 Å². The van der Waals surface area contributed by atoms with Crippen LogP contribution in [0.15, 0.2) is 65.8 Å². The predicted octanol–water partition coefficient (Wildman–Crippen LogP) is 4.55. The van der Waals surface area contributed by atoms with Gasteiger partial charge in [0, 0.05) is 63.0 Å². The number of hydrogen-bond donors (Lipinski definition) is 1. The summed E-state index contributed by atoms with van der Waals surface area (Å²) in [6.45, 7) is 8.50. The highest BCUT2D eigenvalue weighted by atomic mass is 32.2. The van der Waals surface area contributed by atoms with Crippen molar-refractivity contribution in [1.82, 2.24) is 9.97 Å². The van der Waals surface area contributed by atoms with Gasteiger partial charge in [-0.25, -0.2) is 14.4 Å². The first-order chi connectivity index (χ1) is 18.2. The topological polar surface area (TPSA) is 82.0 Å². The third-order valence-electron chi connectivity index (χ3n) is 6.51. The van der Waals surface area contributed by atoms with E-state index < -0.39 is 10.7 Å². The summed E-state index contributed by atoms with van der Waals surface area (Å²) < 4.78 is 17.7. The van der Waals surface area contributed by atoms with E-state index in [9.17, 15) is 14.3 Å². The summed E-state index contributed by atoms with van der Waals surface area (Å²) in [6.07, 6.45) is 1.60. The van der Waals surface area contributed by atoms with Crippen LogP contribution in [0.5, 0.6) is 0 Å². The van der Waals surface area contributed by atoms with Crippen LogP contribution in [0.1, 0.15) is 19.4 Å². The molecular formula is C28H34FN5O3S. The Morgan fingerprint density at radius 1 is 1.05 bits per heavy atom. The molecule has 10 heteroatoms. The molecule has 1 aliphatic rings. The fourth-order valence-corrected chi connectivity index (χ4v) is 5.18. The Kier molecular flexibility index (Phi) is 9.06. The molecule has 1 saturated heterocycles. The molecule has 1 aliphatic heterocycles. The quantitative estimate of drug-likeness (QED) is 0.353. The number of thioether (sulfide) groups is 1. The van der Waals surface area contributed by atoms with Gasteiger partial charge < -0.3 is 24.5 Å². The van der Waals surface area contributed by atoms with Gasteiger partial charge in [0.05, 0.1) is 6.61 Å². The molecule has 202 valence electrons. The molecule has 0 atom stereocenters. The van der Waals surface area contributed by atoms with Crippen LogP contribution in [0.2, 0.25) is 0 Å². The molecule has 4 rings (SSSR count). The predicted molar refractivity (Wildman–Crippen MR) is 150 cm³/mol. The summed E-state index contributed by atoms with van der Waals surface area (Å²) in [5.41, 5.74) is 2.11. The zero-order valence-electron chi connectivity index (χ0n) is 22.0. The second kappa shape index (κ2) is 12.4. The number of methoxy groups -OCH3 is 1. The molecule has 0 aliphatic carbocycles. The molecule has 2 heterocycles. The molecule has 0 unspecified atom stereocenters. The fraction of sp³-hybridized carbons (Fsp3) is 0.393. The lowest BCUT2D eigenvalue weighted by Crippen LogP contribution is -2.46. The first kappa shape index (κ1) is 27.7. The number of carbonyl (C=O) groups is 1. The van der Waals surface area contributed by atoms with Gasteiger partial charge in [-0.1, -0.05) is 12.1 Å². The standard InChI is InChI=1S/C28H34FN5O3S/c1-28(2,27(35)36)38-24-10-4-21(5-11-24)19-34(16-17-37-3)26-18-25(30-20-31-26)33-14-12-32(13-15-33)23-8-6-22(29)7-9-23/h4-11,18,20H,12-17,19H2,1-3H3,(H,35,36). The van der Waals surface area contributed by atoms with Gasteiger partial charge in [0.2, 0.25) is 0 Å². The zero-order chi connectivity index (χ0) is 27.1. The molecule has 8 nitrogen and oxygen atoms in total. The molecule has 0 radical (unpaired) electrons. The number of aliphatic carboxylic acids is 1. The Balaban J connectivity index is 1.43. The lowest BCUT2D eigenvalue weighted by Gasteiger charge is -2.37. The average Bonchev–Trinajstić information content (AvgIpc) is 2.92. The molecule has 38 heavy (non-hydrogen) atoms. The minimum Gasteiger partial charge on any atom is -0.480 e. The maximum Gasteiger partial charge on any atom is 0.319 e. The minimum absolute atomic E-state index is 0.226. The lowest BCUT2D eigenvalue weighted by molar-refractivity contribution is -0.138. The van der Waals surface area contributed by atoms with Crippen LogP contribution >= 0.6 is 11.8 Å². The van der Waals surface area contributed by atoms with E-state index in [1.807, 2.05) is 42.5 Å². The van der Waals surface area contributed by atoms with Crippen LogP contribution in [0, 0.1) is 5.82 Å². The maximum atomic E-state index is 13.3. The molecule has 0 amide bonds. The van der Waals surface area contributed by atoms with Gasteiger partial charge in [0.1, 0.15) is 28.5 Å². The summed E-state index contributed by atoms with van der Waals surface area (Å²) in [4.78, 5) is 28.1. The van der Waals surface area contributed by atoms with Crippen LogP contribution in [0.4, 0.5) is 21.7 Å². The minimum atomic E-state index is -0.895. The molecule has 3 aromatic rings. The third-order valence-corrected chi connectivity index (χ3v) is 7.70. The summed E-state index contributed by atoms with van der Waals surface area (Å²) >= 11 is 1.33. The maximum absolute atomic E-state index is 13.3. The number of carboxylic acids is 1. The lowest BCUT2D eigenvalue weighted by atomic mass is 10.2. The van der Waals surface area contributed by atoms with Gasteiger partial charge in [0.15, 0.2) is 0 Å². The van der Waals surface area contributed by atoms with Crippen molar-refractivity contribution in [2.45, 2.75) is 30.0 Å². The number of rotatable bonds is 11. The van der Waals surface area contributed by atoms with Crippen molar-refractivity contribution in [1.29, 1.82) is 0 Å². The van der Waals surface area contributed by atoms with Crippen LogP contribution in [-0.4, -0.2) is 72.2 Å². The second-order valence-corrected chi connectivity index (χ2v) is 11.4. The van der Waals surface area contributed by atoms with Gasteiger partial charge in [-0.05, 0) is 55.8 Å². The Bertz CT molecular complexity index is 1200. The number of carboxylic acid groups (broad SMARTS) is 1. The van der Waals surface area contributed by atoms with Crippen molar-refractivity contribution in [2.24, 2.45) is 0 Å².